The van der Waals surface area contributed by atoms with Gasteiger partial charge in [0.25, 0.3) is 11.8 Å². The Morgan fingerprint density at radius 1 is 1.15 bits per heavy atom. The molecule has 1 aromatic heterocycles. The van der Waals surface area contributed by atoms with Gasteiger partial charge in [0.2, 0.25) is 10.0 Å². The first-order valence-electron chi connectivity index (χ1n) is 7.91. The number of pyridine rings is 1. The molecule has 0 aliphatic carbocycles. The summed E-state index contributed by atoms with van der Waals surface area (Å²) >= 11 is 0. The summed E-state index contributed by atoms with van der Waals surface area (Å²) in [6.07, 6.45) is 3.15. The van der Waals surface area contributed by atoms with Crippen LogP contribution < -0.4 is 15.2 Å². The zero-order valence-corrected chi connectivity index (χ0v) is 15.1. The van der Waals surface area contributed by atoms with E-state index in [0.717, 1.165) is 11.8 Å². The van der Waals surface area contributed by atoms with Gasteiger partial charge >= 0.3 is 0 Å². The van der Waals surface area contributed by atoms with Gasteiger partial charge in [-0.1, -0.05) is 6.07 Å². The minimum absolute atomic E-state index is 0.180. The number of carbonyl (C=O) groups is 2. The lowest BCUT2D eigenvalue weighted by Gasteiger charge is -2.21. The van der Waals surface area contributed by atoms with E-state index in [1.54, 1.807) is 24.3 Å². The number of nitrogens with one attached hydrogen (secondary N) is 2. The molecule has 136 valence electrons. The quantitative estimate of drug-likeness (QED) is 0.775. The zero-order chi connectivity index (χ0) is 18.9. The van der Waals surface area contributed by atoms with Gasteiger partial charge in [-0.15, -0.1) is 0 Å². The minimum Gasteiger partial charge on any atom is -0.267 e. The summed E-state index contributed by atoms with van der Waals surface area (Å²) in [6, 6.07) is 9.44. The molecule has 2 N–H and O–H groups in total. The normalized spacial score (nSPS) is 16.1. The molecule has 0 unspecified atom stereocenters. The second-order valence-electron chi connectivity index (χ2n) is 6.08. The van der Waals surface area contributed by atoms with E-state index in [2.05, 4.69) is 15.8 Å². The lowest BCUT2D eigenvalue weighted by Crippen LogP contribution is -2.41. The average molecular weight is 374 g/mol. The maximum absolute atomic E-state index is 12.3. The van der Waals surface area contributed by atoms with Crippen LogP contribution in [0.1, 0.15) is 33.3 Å². The lowest BCUT2D eigenvalue weighted by molar-refractivity contribution is 0.0844. The predicted octanol–water partition coefficient (Wildman–Crippen LogP) is 0.867. The summed E-state index contributed by atoms with van der Waals surface area (Å²) < 4.78 is 25.2. The molecule has 1 aliphatic rings. The molecule has 0 spiro atoms. The monoisotopic (exact) mass is 374 g/mol. The molecule has 0 radical (unpaired) electrons. The van der Waals surface area contributed by atoms with Gasteiger partial charge < -0.3 is 0 Å². The van der Waals surface area contributed by atoms with Crippen LogP contribution in [-0.2, 0) is 16.4 Å². The Kier molecular flexibility index (Phi) is 4.64. The van der Waals surface area contributed by atoms with E-state index in [9.17, 15) is 18.0 Å². The average Bonchev–Trinajstić information content (AvgIpc) is 2.95. The van der Waals surface area contributed by atoms with Crippen molar-refractivity contribution in [2.75, 3.05) is 10.6 Å². The van der Waals surface area contributed by atoms with E-state index in [0.29, 0.717) is 17.7 Å². The number of hydrogen-bond acceptors (Lipinski definition) is 5. The Hall–Kier alpha value is -2.94. The largest absolute Gasteiger partial charge is 0.288 e. The first-order valence-corrected chi connectivity index (χ1v) is 9.76. The number of nitrogens with zero attached hydrogens (tertiary/aromatic N) is 2. The topological polar surface area (TPSA) is 108 Å². The molecule has 8 nitrogen and oxygen atoms in total. The van der Waals surface area contributed by atoms with Crippen LogP contribution in [0.15, 0.2) is 42.6 Å². The summed E-state index contributed by atoms with van der Waals surface area (Å²) in [7, 11) is -3.38. The SMILES string of the molecule is C[C@H]1Cc2cc(C(=O)NNC(=O)c3ccccn3)ccc2N1S(C)(=O)=O. The number of amides is 2. The summed E-state index contributed by atoms with van der Waals surface area (Å²) in [5.41, 5.74) is 6.48. The summed E-state index contributed by atoms with van der Waals surface area (Å²) in [6.45, 7) is 1.81. The van der Waals surface area contributed by atoms with Crippen LogP contribution in [0.5, 0.6) is 0 Å². The number of benzene rings is 1. The Balaban J connectivity index is 1.72. The van der Waals surface area contributed by atoms with Gasteiger partial charge in [0.15, 0.2) is 0 Å². The van der Waals surface area contributed by atoms with Crippen molar-refractivity contribution < 1.29 is 18.0 Å². The number of aromatic nitrogens is 1. The third-order valence-electron chi connectivity index (χ3n) is 4.04. The molecule has 0 saturated heterocycles. The summed E-state index contributed by atoms with van der Waals surface area (Å²) in [5.74, 6) is -1.03. The van der Waals surface area contributed by atoms with E-state index in [1.807, 2.05) is 6.92 Å². The fourth-order valence-electron chi connectivity index (χ4n) is 3.00. The van der Waals surface area contributed by atoms with Crippen molar-refractivity contribution >= 4 is 27.5 Å². The summed E-state index contributed by atoms with van der Waals surface area (Å²) in [4.78, 5) is 28.1. The first-order chi connectivity index (χ1) is 12.3. The van der Waals surface area contributed by atoms with E-state index < -0.39 is 21.8 Å². The predicted molar refractivity (Wildman–Crippen MR) is 96.1 cm³/mol. The van der Waals surface area contributed by atoms with Crippen molar-refractivity contribution in [2.45, 2.75) is 19.4 Å². The Bertz CT molecular complexity index is 960. The number of carbonyl (C=O) groups excluding carboxylic acids is 2. The highest BCUT2D eigenvalue weighted by molar-refractivity contribution is 7.92. The number of sulfonamides is 1. The first kappa shape index (κ1) is 17.9. The van der Waals surface area contributed by atoms with E-state index in [1.165, 1.54) is 22.6 Å². The van der Waals surface area contributed by atoms with Gasteiger partial charge in [0, 0.05) is 17.8 Å². The van der Waals surface area contributed by atoms with Crippen molar-refractivity contribution in [1.82, 2.24) is 15.8 Å². The van der Waals surface area contributed by atoms with Crippen LogP contribution >= 0.6 is 0 Å². The second-order valence-corrected chi connectivity index (χ2v) is 7.94. The van der Waals surface area contributed by atoms with Crippen LogP contribution in [0.4, 0.5) is 5.69 Å². The molecule has 2 aromatic rings. The minimum atomic E-state index is -3.38. The van der Waals surface area contributed by atoms with Gasteiger partial charge in [-0.2, -0.15) is 0 Å². The van der Waals surface area contributed by atoms with Gasteiger partial charge in [-0.05, 0) is 49.2 Å². The fraction of sp³-hybridized carbons (Fsp3) is 0.235. The highest BCUT2D eigenvalue weighted by Gasteiger charge is 2.32. The number of anilines is 1. The van der Waals surface area contributed by atoms with Gasteiger partial charge in [0.05, 0.1) is 11.9 Å². The molecule has 9 heteroatoms. The number of fused-ring (bicyclic) bond motifs is 1. The van der Waals surface area contributed by atoms with Crippen LogP contribution in [0.25, 0.3) is 0 Å². The summed E-state index contributed by atoms with van der Waals surface area (Å²) in [5, 5.41) is 0. The molecule has 2 amide bonds. The van der Waals surface area contributed by atoms with E-state index >= 15 is 0 Å². The molecule has 0 saturated carbocycles. The maximum atomic E-state index is 12.3. The van der Waals surface area contributed by atoms with Crippen LogP contribution in [-0.4, -0.2) is 37.5 Å². The highest BCUT2D eigenvalue weighted by atomic mass is 32.2. The van der Waals surface area contributed by atoms with E-state index in [4.69, 9.17) is 0 Å². The molecule has 1 aromatic carbocycles. The molecular formula is C17H18N4O4S. The van der Waals surface area contributed by atoms with Gasteiger partial charge in [-0.25, -0.2) is 8.42 Å². The zero-order valence-electron chi connectivity index (χ0n) is 14.3. The van der Waals surface area contributed by atoms with E-state index in [-0.39, 0.29) is 11.7 Å². The maximum Gasteiger partial charge on any atom is 0.288 e. The molecule has 2 heterocycles. The smallest absolute Gasteiger partial charge is 0.267 e. The Labute approximate surface area is 151 Å². The lowest BCUT2D eigenvalue weighted by atomic mass is 10.1. The molecule has 26 heavy (non-hydrogen) atoms. The number of rotatable bonds is 3. The molecule has 0 bridgehead atoms. The van der Waals surface area contributed by atoms with Crippen molar-refractivity contribution in [2.24, 2.45) is 0 Å². The Morgan fingerprint density at radius 2 is 1.88 bits per heavy atom. The fourth-order valence-corrected chi connectivity index (χ4v) is 4.26. The van der Waals surface area contributed by atoms with Crippen molar-refractivity contribution in [3.8, 4) is 0 Å². The van der Waals surface area contributed by atoms with Crippen LogP contribution in [0, 0.1) is 0 Å². The van der Waals surface area contributed by atoms with Crippen molar-refractivity contribution in [3.63, 3.8) is 0 Å². The molecule has 3 rings (SSSR count). The van der Waals surface area contributed by atoms with Crippen LogP contribution in [0.2, 0.25) is 0 Å². The number of hydrazine groups is 1. The highest BCUT2D eigenvalue weighted by Crippen LogP contribution is 2.34. The molecule has 1 atom stereocenters. The van der Waals surface area contributed by atoms with Gasteiger partial charge in [0.1, 0.15) is 5.69 Å². The molecular weight excluding hydrogens is 356 g/mol. The van der Waals surface area contributed by atoms with Crippen molar-refractivity contribution in [1.29, 1.82) is 0 Å². The van der Waals surface area contributed by atoms with Crippen LogP contribution in [0.3, 0.4) is 0 Å². The van der Waals surface area contributed by atoms with Crippen molar-refractivity contribution in [3.05, 3.63) is 59.4 Å². The number of hydrogen-bond donors (Lipinski definition) is 2. The molecule has 1 aliphatic heterocycles. The van der Waals surface area contributed by atoms with Gasteiger partial charge in [-0.3, -0.25) is 29.7 Å². The third kappa shape index (κ3) is 3.52. The molecule has 0 fully saturated rings. The second kappa shape index (κ2) is 6.75. The standard InChI is InChI=1S/C17H18N4O4S/c1-11-9-13-10-12(6-7-15(13)21(11)26(2,24)25)16(22)19-20-17(23)14-5-3-4-8-18-14/h3-8,10-11H,9H2,1-2H3,(H,19,22)(H,20,23)/t11-/m0/s1. The Morgan fingerprint density at radius 3 is 2.54 bits per heavy atom. The third-order valence-corrected chi connectivity index (χ3v) is 5.31.